The monoisotopic (exact) mass is 166 g/mol. The van der Waals surface area contributed by atoms with Crippen molar-refractivity contribution in [3.8, 4) is 0 Å². The van der Waals surface area contributed by atoms with Gasteiger partial charge >= 0.3 is 0 Å². The SMILES string of the molecule is C=C(C)C(C)C(=CCCC)CC. The lowest BCUT2D eigenvalue weighted by Crippen LogP contribution is -1.99. The molecule has 0 heterocycles. The highest BCUT2D eigenvalue weighted by Crippen LogP contribution is 2.21. The molecule has 0 aromatic heterocycles. The van der Waals surface area contributed by atoms with Gasteiger partial charge in [-0.1, -0.05) is 51.0 Å². The van der Waals surface area contributed by atoms with Gasteiger partial charge in [0.25, 0.3) is 0 Å². The fraction of sp³-hybridized carbons (Fsp3) is 0.667. The van der Waals surface area contributed by atoms with Gasteiger partial charge in [-0.05, 0) is 25.7 Å². The molecule has 0 aliphatic rings. The first-order valence-electron chi connectivity index (χ1n) is 4.97. The van der Waals surface area contributed by atoms with E-state index in [9.17, 15) is 0 Å². The number of rotatable bonds is 5. The average molecular weight is 166 g/mol. The lowest BCUT2D eigenvalue weighted by molar-refractivity contribution is 0.750. The molecule has 1 atom stereocenters. The molecule has 0 saturated heterocycles. The Morgan fingerprint density at radius 2 is 2.00 bits per heavy atom. The Morgan fingerprint density at radius 1 is 1.42 bits per heavy atom. The van der Waals surface area contributed by atoms with Crippen LogP contribution in [0.25, 0.3) is 0 Å². The number of unbranched alkanes of at least 4 members (excludes halogenated alkanes) is 1. The molecule has 0 fully saturated rings. The van der Waals surface area contributed by atoms with E-state index in [2.05, 4.69) is 40.3 Å². The Labute approximate surface area is 77.4 Å². The summed E-state index contributed by atoms with van der Waals surface area (Å²) in [6.45, 7) is 12.8. The van der Waals surface area contributed by atoms with Gasteiger partial charge in [0.1, 0.15) is 0 Å². The molecule has 0 radical (unpaired) electrons. The summed E-state index contributed by atoms with van der Waals surface area (Å²) >= 11 is 0. The van der Waals surface area contributed by atoms with Gasteiger partial charge < -0.3 is 0 Å². The molecular weight excluding hydrogens is 144 g/mol. The Morgan fingerprint density at radius 3 is 2.33 bits per heavy atom. The molecule has 12 heavy (non-hydrogen) atoms. The van der Waals surface area contributed by atoms with E-state index in [4.69, 9.17) is 0 Å². The van der Waals surface area contributed by atoms with Crippen LogP contribution in [0.2, 0.25) is 0 Å². The van der Waals surface area contributed by atoms with E-state index in [1.165, 1.54) is 18.4 Å². The summed E-state index contributed by atoms with van der Waals surface area (Å²) in [4.78, 5) is 0. The molecule has 0 N–H and O–H groups in total. The van der Waals surface area contributed by atoms with Crippen LogP contribution in [-0.2, 0) is 0 Å². The maximum Gasteiger partial charge on any atom is -0.00270 e. The molecule has 0 nitrogen and oxygen atoms in total. The Hall–Kier alpha value is -0.520. The van der Waals surface area contributed by atoms with Crippen LogP contribution < -0.4 is 0 Å². The van der Waals surface area contributed by atoms with Gasteiger partial charge in [-0.3, -0.25) is 0 Å². The van der Waals surface area contributed by atoms with Crippen molar-refractivity contribution in [2.75, 3.05) is 0 Å². The second-order valence-corrected chi connectivity index (χ2v) is 3.49. The zero-order chi connectivity index (χ0) is 9.56. The highest BCUT2D eigenvalue weighted by molar-refractivity contribution is 5.16. The van der Waals surface area contributed by atoms with Gasteiger partial charge in [-0.25, -0.2) is 0 Å². The molecule has 0 saturated carbocycles. The van der Waals surface area contributed by atoms with E-state index in [-0.39, 0.29) is 0 Å². The first-order chi connectivity index (χ1) is 5.63. The van der Waals surface area contributed by atoms with E-state index in [0.29, 0.717) is 5.92 Å². The smallest absolute Gasteiger partial charge is 0.00270 e. The third-order valence-corrected chi connectivity index (χ3v) is 2.40. The van der Waals surface area contributed by atoms with E-state index in [1.807, 2.05) is 0 Å². The van der Waals surface area contributed by atoms with Gasteiger partial charge in [-0.2, -0.15) is 0 Å². The van der Waals surface area contributed by atoms with Gasteiger partial charge in [0.2, 0.25) is 0 Å². The highest BCUT2D eigenvalue weighted by atomic mass is 14.1. The summed E-state index contributed by atoms with van der Waals surface area (Å²) in [5.41, 5.74) is 2.82. The molecule has 0 amide bonds. The van der Waals surface area contributed by atoms with Crippen LogP contribution in [0.1, 0.15) is 47.0 Å². The Kier molecular flexibility index (Phi) is 5.79. The first kappa shape index (κ1) is 11.5. The first-order valence-corrected chi connectivity index (χ1v) is 4.97. The molecule has 0 rings (SSSR count). The van der Waals surface area contributed by atoms with E-state index in [1.54, 1.807) is 5.57 Å². The number of allylic oxidation sites excluding steroid dienone is 3. The third kappa shape index (κ3) is 3.75. The maximum atomic E-state index is 3.99. The molecule has 0 bridgehead atoms. The fourth-order valence-corrected chi connectivity index (χ4v) is 1.27. The molecule has 1 unspecified atom stereocenters. The Bertz CT molecular complexity index is 163. The predicted molar refractivity (Wildman–Crippen MR) is 57.3 cm³/mol. The van der Waals surface area contributed by atoms with Gasteiger partial charge in [-0.15, -0.1) is 0 Å². The fourth-order valence-electron chi connectivity index (χ4n) is 1.27. The van der Waals surface area contributed by atoms with Gasteiger partial charge in [0.05, 0.1) is 0 Å². The summed E-state index contributed by atoms with van der Waals surface area (Å²) in [6, 6.07) is 0. The van der Waals surface area contributed by atoms with E-state index >= 15 is 0 Å². The zero-order valence-corrected chi connectivity index (χ0v) is 8.98. The lowest BCUT2D eigenvalue weighted by Gasteiger charge is -2.14. The predicted octanol–water partition coefficient (Wildman–Crippen LogP) is 4.34. The summed E-state index contributed by atoms with van der Waals surface area (Å²) in [5.74, 6) is 0.571. The summed E-state index contributed by atoms with van der Waals surface area (Å²) in [6.07, 6.45) is 5.99. The molecule has 0 aliphatic heterocycles. The van der Waals surface area contributed by atoms with Crippen LogP contribution in [-0.4, -0.2) is 0 Å². The van der Waals surface area contributed by atoms with Crippen LogP contribution >= 0.6 is 0 Å². The largest absolute Gasteiger partial charge is 0.0995 e. The van der Waals surface area contributed by atoms with Crippen molar-refractivity contribution in [1.82, 2.24) is 0 Å². The van der Waals surface area contributed by atoms with Crippen molar-refractivity contribution in [3.05, 3.63) is 23.8 Å². The van der Waals surface area contributed by atoms with Crippen LogP contribution in [0.3, 0.4) is 0 Å². The molecule has 0 spiro atoms. The van der Waals surface area contributed by atoms with Gasteiger partial charge in [0, 0.05) is 0 Å². The molecule has 0 heteroatoms. The van der Waals surface area contributed by atoms with Crippen molar-refractivity contribution < 1.29 is 0 Å². The lowest BCUT2D eigenvalue weighted by atomic mass is 9.92. The topological polar surface area (TPSA) is 0 Å². The van der Waals surface area contributed by atoms with Crippen molar-refractivity contribution in [2.24, 2.45) is 5.92 Å². The normalized spacial score (nSPS) is 14.5. The minimum Gasteiger partial charge on any atom is -0.0995 e. The average Bonchev–Trinajstić information content (AvgIpc) is 2.05. The molecule has 0 aromatic carbocycles. The second-order valence-electron chi connectivity index (χ2n) is 3.49. The van der Waals surface area contributed by atoms with Crippen molar-refractivity contribution in [3.63, 3.8) is 0 Å². The molecular formula is C12H22. The summed E-state index contributed by atoms with van der Waals surface area (Å²) < 4.78 is 0. The van der Waals surface area contributed by atoms with Crippen LogP contribution in [0, 0.1) is 5.92 Å². The molecule has 0 aromatic rings. The minimum atomic E-state index is 0.571. The van der Waals surface area contributed by atoms with E-state index in [0.717, 1.165) is 6.42 Å². The number of hydrogen-bond donors (Lipinski definition) is 0. The van der Waals surface area contributed by atoms with Crippen molar-refractivity contribution in [2.45, 2.75) is 47.0 Å². The van der Waals surface area contributed by atoms with E-state index < -0.39 is 0 Å². The zero-order valence-electron chi connectivity index (χ0n) is 8.98. The standard InChI is InChI=1S/C12H22/c1-6-8-9-12(7-2)11(5)10(3)4/h9,11H,3,6-8H2,1-2,4-5H3. The van der Waals surface area contributed by atoms with Crippen LogP contribution in [0.4, 0.5) is 0 Å². The van der Waals surface area contributed by atoms with Crippen LogP contribution in [0.5, 0.6) is 0 Å². The summed E-state index contributed by atoms with van der Waals surface area (Å²) in [7, 11) is 0. The number of hydrogen-bond acceptors (Lipinski definition) is 0. The van der Waals surface area contributed by atoms with Gasteiger partial charge in [0.15, 0.2) is 0 Å². The van der Waals surface area contributed by atoms with Crippen molar-refractivity contribution >= 4 is 0 Å². The van der Waals surface area contributed by atoms with Crippen molar-refractivity contribution in [1.29, 1.82) is 0 Å². The quantitative estimate of drug-likeness (QED) is 0.533. The van der Waals surface area contributed by atoms with Crippen LogP contribution in [0.15, 0.2) is 23.8 Å². The summed E-state index contributed by atoms with van der Waals surface area (Å²) in [5, 5.41) is 0. The second kappa shape index (κ2) is 6.05. The Balaban J connectivity index is 4.22. The maximum absolute atomic E-state index is 3.99. The third-order valence-electron chi connectivity index (χ3n) is 2.40. The molecule has 0 aliphatic carbocycles. The highest BCUT2D eigenvalue weighted by Gasteiger charge is 2.05. The minimum absolute atomic E-state index is 0.571. The molecule has 70 valence electrons.